The van der Waals surface area contributed by atoms with Crippen LogP contribution in [0.2, 0.25) is 0 Å². The summed E-state index contributed by atoms with van der Waals surface area (Å²) in [5.41, 5.74) is 1.75. The first-order valence-corrected chi connectivity index (χ1v) is 5.24. The van der Waals surface area contributed by atoms with E-state index >= 15 is 0 Å². The fraction of sp³-hybridized carbons (Fsp3) is 0.125. The van der Waals surface area contributed by atoms with E-state index in [1.54, 1.807) is 0 Å². The molecule has 13 heavy (non-hydrogen) atoms. The number of imidazole rings is 1. The van der Waals surface area contributed by atoms with Crippen LogP contribution in [0.3, 0.4) is 0 Å². The SMILES string of the molecule is OCc1nc2c(Br)cc(Br)cc2[nH]1. The van der Waals surface area contributed by atoms with Crippen molar-refractivity contribution < 1.29 is 5.11 Å². The third-order valence-corrected chi connectivity index (χ3v) is 2.77. The van der Waals surface area contributed by atoms with Crippen molar-refractivity contribution >= 4 is 42.9 Å². The van der Waals surface area contributed by atoms with E-state index in [1.165, 1.54) is 0 Å². The van der Waals surface area contributed by atoms with Gasteiger partial charge in [-0.1, -0.05) is 15.9 Å². The van der Waals surface area contributed by atoms with E-state index in [0.717, 1.165) is 20.0 Å². The van der Waals surface area contributed by atoms with Crippen LogP contribution in [0.4, 0.5) is 0 Å². The van der Waals surface area contributed by atoms with Gasteiger partial charge in [0.1, 0.15) is 17.9 Å². The molecule has 2 rings (SSSR count). The number of benzene rings is 1. The van der Waals surface area contributed by atoms with Crippen LogP contribution in [0.25, 0.3) is 11.0 Å². The summed E-state index contributed by atoms with van der Waals surface area (Å²) in [5, 5.41) is 8.88. The summed E-state index contributed by atoms with van der Waals surface area (Å²) in [4.78, 5) is 7.20. The van der Waals surface area contributed by atoms with Gasteiger partial charge in [0.25, 0.3) is 0 Å². The predicted octanol–water partition coefficient (Wildman–Crippen LogP) is 2.58. The largest absolute Gasteiger partial charge is 0.388 e. The number of rotatable bonds is 1. The van der Waals surface area contributed by atoms with Gasteiger partial charge in [-0.15, -0.1) is 0 Å². The van der Waals surface area contributed by atoms with Gasteiger partial charge in [-0.05, 0) is 28.1 Å². The van der Waals surface area contributed by atoms with Gasteiger partial charge >= 0.3 is 0 Å². The highest BCUT2D eigenvalue weighted by Crippen LogP contribution is 2.26. The average Bonchev–Trinajstić information content (AvgIpc) is 2.47. The van der Waals surface area contributed by atoms with Gasteiger partial charge in [-0.2, -0.15) is 0 Å². The van der Waals surface area contributed by atoms with Crippen LogP contribution in [0, 0.1) is 0 Å². The first kappa shape index (κ1) is 9.18. The Morgan fingerprint density at radius 1 is 1.38 bits per heavy atom. The summed E-state index contributed by atoms with van der Waals surface area (Å²) < 4.78 is 1.88. The van der Waals surface area contributed by atoms with Crippen LogP contribution in [0.5, 0.6) is 0 Å². The standard InChI is InChI=1S/C8H6Br2N2O/c9-4-1-5(10)8-6(2-4)11-7(3-13)12-8/h1-2,13H,3H2,(H,11,12). The molecule has 0 saturated carbocycles. The number of aliphatic hydroxyl groups excluding tert-OH is 1. The summed E-state index contributed by atoms with van der Waals surface area (Å²) >= 11 is 6.77. The number of H-pyrrole nitrogens is 1. The summed E-state index contributed by atoms with van der Waals surface area (Å²) in [6, 6.07) is 3.84. The van der Waals surface area contributed by atoms with Crippen molar-refractivity contribution in [2.45, 2.75) is 6.61 Å². The number of nitrogens with one attached hydrogen (secondary N) is 1. The summed E-state index contributed by atoms with van der Waals surface area (Å²) in [7, 11) is 0. The number of aliphatic hydroxyl groups is 1. The Bertz CT molecular complexity index is 453. The first-order valence-electron chi connectivity index (χ1n) is 3.65. The van der Waals surface area contributed by atoms with E-state index in [4.69, 9.17) is 5.11 Å². The summed E-state index contributed by atoms with van der Waals surface area (Å²) in [6.07, 6.45) is 0. The van der Waals surface area contributed by atoms with E-state index < -0.39 is 0 Å². The lowest BCUT2D eigenvalue weighted by atomic mass is 10.3. The third-order valence-electron chi connectivity index (χ3n) is 1.70. The van der Waals surface area contributed by atoms with Gasteiger partial charge < -0.3 is 10.1 Å². The molecule has 1 aromatic heterocycles. The molecule has 0 spiro atoms. The quantitative estimate of drug-likeness (QED) is 0.851. The molecule has 0 aliphatic rings. The molecular formula is C8H6Br2N2O. The molecule has 1 heterocycles. The van der Waals surface area contributed by atoms with Crippen LogP contribution in [0.1, 0.15) is 5.82 Å². The van der Waals surface area contributed by atoms with Gasteiger partial charge in [-0.25, -0.2) is 4.98 Å². The van der Waals surface area contributed by atoms with Crippen LogP contribution in [0.15, 0.2) is 21.1 Å². The molecule has 0 radical (unpaired) electrons. The number of aromatic nitrogens is 2. The molecule has 0 saturated heterocycles. The van der Waals surface area contributed by atoms with Crippen molar-refractivity contribution in [1.29, 1.82) is 0 Å². The van der Waals surface area contributed by atoms with Crippen LogP contribution in [-0.4, -0.2) is 15.1 Å². The normalized spacial score (nSPS) is 11.0. The smallest absolute Gasteiger partial charge is 0.133 e. The second kappa shape index (κ2) is 3.40. The minimum atomic E-state index is -0.0707. The molecule has 0 unspecified atom stereocenters. The average molecular weight is 306 g/mol. The number of hydrogen-bond donors (Lipinski definition) is 2. The van der Waals surface area contributed by atoms with Crippen LogP contribution >= 0.6 is 31.9 Å². The van der Waals surface area contributed by atoms with E-state index in [0.29, 0.717) is 5.82 Å². The molecule has 3 nitrogen and oxygen atoms in total. The lowest BCUT2D eigenvalue weighted by Crippen LogP contribution is -1.83. The monoisotopic (exact) mass is 304 g/mol. The molecule has 5 heteroatoms. The number of aromatic amines is 1. The van der Waals surface area contributed by atoms with Crippen molar-refractivity contribution in [1.82, 2.24) is 9.97 Å². The maximum Gasteiger partial charge on any atom is 0.133 e. The van der Waals surface area contributed by atoms with Gasteiger partial charge in [0, 0.05) is 8.95 Å². The number of halogens is 2. The molecule has 0 aliphatic carbocycles. The van der Waals surface area contributed by atoms with Gasteiger partial charge in [0.15, 0.2) is 0 Å². The van der Waals surface area contributed by atoms with Crippen molar-refractivity contribution in [2.75, 3.05) is 0 Å². The van der Waals surface area contributed by atoms with E-state index in [1.807, 2.05) is 12.1 Å². The Balaban J connectivity index is 2.75. The molecule has 1 aromatic carbocycles. The molecule has 2 aromatic rings. The zero-order chi connectivity index (χ0) is 9.42. The topological polar surface area (TPSA) is 48.9 Å². The molecule has 68 valence electrons. The maximum absolute atomic E-state index is 8.88. The molecule has 0 aliphatic heterocycles. The molecule has 2 N–H and O–H groups in total. The van der Waals surface area contributed by atoms with Crippen molar-refractivity contribution in [3.8, 4) is 0 Å². The van der Waals surface area contributed by atoms with Crippen LogP contribution < -0.4 is 0 Å². The Morgan fingerprint density at radius 3 is 2.85 bits per heavy atom. The Hall–Kier alpha value is -0.390. The molecule has 0 amide bonds. The Labute approximate surface area is 91.4 Å². The second-order valence-corrected chi connectivity index (χ2v) is 4.40. The molecular weight excluding hydrogens is 300 g/mol. The minimum absolute atomic E-state index is 0.0707. The van der Waals surface area contributed by atoms with Crippen molar-refractivity contribution in [3.63, 3.8) is 0 Å². The van der Waals surface area contributed by atoms with Gasteiger partial charge in [0.05, 0.1) is 5.52 Å². The van der Waals surface area contributed by atoms with Gasteiger partial charge in [-0.3, -0.25) is 0 Å². The fourth-order valence-electron chi connectivity index (χ4n) is 1.17. The highest BCUT2D eigenvalue weighted by Gasteiger charge is 2.06. The molecule has 0 atom stereocenters. The Morgan fingerprint density at radius 2 is 2.15 bits per heavy atom. The first-order chi connectivity index (χ1) is 6.20. The van der Waals surface area contributed by atoms with Crippen LogP contribution in [-0.2, 0) is 6.61 Å². The molecule has 0 bridgehead atoms. The maximum atomic E-state index is 8.88. The lowest BCUT2D eigenvalue weighted by molar-refractivity contribution is 0.273. The zero-order valence-corrected chi connectivity index (χ0v) is 9.68. The number of fused-ring (bicyclic) bond motifs is 1. The number of nitrogens with zero attached hydrogens (tertiary/aromatic N) is 1. The lowest BCUT2D eigenvalue weighted by Gasteiger charge is -1.93. The van der Waals surface area contributed by atoms with Crippen molar-refractivity contribution in [2.24, 2.45) is 0 Å². The Kier molecular flexibility index (Phi) is 2.40. The fourth-order valence-corrected chi connectivity index (χ4v) is 2.48. The summed E-state index contributed by atoms with van der Waals surface area (Å²) in [5.74, 6) is 0.578. The van der Waals surface area contributed by atoms with Gasteiger partial charge in [0.2, 0.25) is 0 Å². The summed E-state index contributed by atoms with van der Waals surface area (Å²) in [6.45, 7) is -0.0707. The molecule has 0 fully saturated rings. The van der Waals surface area contributed by atoms with E-state index in [2.05, 4.69) is 41.8 Å². The third kappa shape index (κ3) is 1.63. The number of hydrogen-bond acceptors (Lipinski definition) is 2. The van der Waals surface area contributed by atoms with E-state index in [9.17, 15) is 0 Å². The second-order valence-electron chi connectivity index (χ2n) is 2.63. The minimum Gasteiger partial charge on any atom is -0.388 e. The highest BCUT2D eigenvalue weighted by molar-refractivity contribution is 9.11. The predicted molar refractivity (Wildman–Crippen MR) is 57.4 cm³/mol. The zero-order valence-electron chi connectivity index (χ0n) is 6.51. The highest BCUT2D eigenvalue weighted by atomic mass is 79.9. The van der Waals surface area contributed by atoms with Crippen molar-refractivity contribution in [3.05, 3.63) is 26.9 Å². The van der Waals surface area contributed by atoms with E-state index in [-0.39, 0.29) is 6.61 Å².